The lowest BCUT2D eigenvalue weighted by atomic mass is 9.91. The van der Waals surface area contributed by atoms with Crippen molar-refractivity contribution in [3.05, 3.63) is 0 Å². The molecular formula is C16H30N4O5S. The van der Waals surface area contributed by atoms with Gasteiger partial charge in [-0.2, -0.15) is 11.8 Å². The Labute approximate surface area is 158 Å². The smallest absolute Gasteiger partial charge is 0.305 e. The van der Waals surface area contributed by atoms with Crippen LogP contribution in [0.1, 0.15) is 39.5 Å². The molecule has 3 atom stereocenters. The molecule has 0 aliphatic rings. The zero-order valence-corrected chi connectivity index (χ0v) is 16.4. The quantitative estimate of drug-likeness (QED) is 0.273. The lowest BCUT2D eigenvalue weighted by Crippen LogP contribution is -2.56. The van der Waals surface area contributed by atoms with Crippen LogP contribution < -0.4 is 22.1 Å². The van der Waals surface area contributed by atoms with E-state index in [9.17, 15) is 19.2 Å². The Morgan fingerprint density at radius 3 is 2.38 bits per heavy atom. The van der Waals surface area contributed by atoms with Crippen LogP contribution in [0.3, 0.4) is 0 Å². The molecule has 26 heavy (non-hydrogen) atoms. The average Bonchev–Trinajstić information content (AvgIpc) is 2.55. The van der Waals surface area contributed by atoms with Crippen LogP contribution >= 0.6 is 11.8 Å². The molecule has 0 aromatic heterocycles. The van der Waals surface area contributed by atoms with Gasteiger partial charge in [0, 0.05) is 13.0 Å². The molecule has 7 N–H and O–H groups in total. The zero-order valence-electron chi connectivity index (χ0n) is 15.5. The van der Waals surface area contributed by atoms with Gasteiger partial charge < -0.3 is 27.2 Å². The number of amides is 2. The number of nitrogens with two attached hydrogens (primary N) is 2. The maximum atomic E-state index is 12.5. The molecule has 0 fully saturated rings. The van der Waals surface area contributed by atoms with Gasteiger partial charge >= 0.3 is 5.97 Å². The van der Waals surface area contributed by atoms with Gasteiger partial charge in [0.15, 0.2) is 5.78 Å². The minimum atomic E-state index is -1.51. The number of hydrogen-bond acceptors (Lipinski definition) is 7. The molecule has 0 bridgehead atoms. The highest BCUT2D eigenvalue weighted by Gasteiger charge is 2.35. The number of carbonyl (C=O) groups excluding carboxylic acids is 3. The molecule has 0 aliphatic heterocycles. The molecule has 0 aromatic rings. The molecule has 150 valence electrons. The van der Waals surface area contributed by atoms with E-state index in [0.717, 1.165) is 0 Å². The molecule has 0 rings (SSSR count). The van der Waals surface area contributed by atoms with Crippen molar-refractivity contribution >= 4 is 35.3 Å². The van der Waals surface area contributed by atoms with E-state index in [1.165, 1.54) is 18.7 Å². The van der Waals surface area contributed by atoms with Crippen LogP contribution in [0.15, 0.2) is 0 Å². The van der Waals surface area contributed by atoms with Crippen LogP contribution in [-0.2, 0) is 19.2 Å². The summed E-state index contributed by atoms with van der Waals surface area (Å²) in [4.78, 5) is 47.6. The lowest BCUT2D eigenvalue weighted by molar-refractivity contribution is -0.140. The van der Waals surface area contributed by atoms with E-state index in [1.807, 2.05) is 13.2 Å². The molecular weight excluding hydrogens is 360 g/mol. The predicted octanol–water partition coefficient (Wildman–Crippen LogP) is -0.771. The van der Waals surface area contributed by atoms with Crippen LogP contribution in [0, 0.1) is 0 Å². The van der Waals surface area contributed by atoms with Gasteiger partial charge in [-0.05, 0) is 31.8 Å². The van der Waals surface area contributed by atoms with Crippen LogP contribution in [0.2, 0.25) is 0 Å². The third-order valence-electron chi connectivity index (χ3n) is 3.65. The normalized spacial score (nSPS) is 15.4. The highest BCUT2D eigenvalue weighted by Crippen LogP contribution is 2.11. The Bertz CT molecular complexity index is 513. The summed E-state index contributed by atoms with van der Waals surface area (Å²) in [5, 5.41) is 14.0. The average molecular weight is 391 g/mol. The van der Waals surface area contributed by atoms with Crippen molar-refractivity contribution in [2.45, 2.75) is 57.2 Å². The summed E-state index contributed by atoms with van der Waals surface area (Å²) in [6.45, 7) is 3.68. The van der Waals surface area contributed by atoms with Gasteiger partial charge in [-0.1, -0.05) is 6.92 Å². The molecule has 0 saturated carbocycles. The first-order chi connectivity index (χ1) is 12.0. The lowest BCUT2D eigenvalue weighted by Gasteiger charge is -2.26. The van der Waals surface area contributed by atoms with E-state index in [4.69, 9.17) is 16.6 Å². The third kappa shape index (κ3) is 9.16. The maximum Gasteiger partial charge on any atom is 0.305 e. The van der Waals surface area contributed by atoms with E-state index >= 15 is 0 Å². The van der Waals surface area contributed by atoms with Gasteiger partial charge in [0.1, 0.15) is 0 Å². The summed E-state index contributed by atoms with van der Waals surface area (Å²) in [5.74, 6) is -2.34. The van der Waals surface area contributed by atoms with Crippen LogP contribution in [0.5, 0.6) is 0 Å². The van der Waals surface area contributed by atoms with E-state index in [0.29, 0.717) is 25.1 Å². The molecule has 9 nitrogen and oxygen atoms in total. The molecule has 2 amide bonds. The van der Waals surface area contributed by atoms with Gasteiger partial charge in [0.05, 0.1) is 24.0 Å². The van der Waals surface area contributed by atoms with E-state index in [2.05, 4.69) is 10.6 Å². The first-order valence-corrected chi connectivity index (χ1v) is 9.81. The number of thioether (sulfide) groups is 1. The zero-order chi connectivity index (χ0) is 20.3. The number of aliphatic carboxylic acids is 1. The minimum absolute atomic E-state index is 0.398. The molecule has 0 spiro atoms. The van der Waals surface area contributed by atoms with E-state index < -0.39 is 54.0 Å². The fraction of sp³-hybridized carbons (Fsp3) is 0.750. The molecule has 0 radical (unpaired) electrons. The SMILES string of the molecule is CCCNC(=O)C(C)(N)CC(=O)[C@H](CC(=O)O)NC(=O)[C@@H](N)CCSC. The van der Waals surface area contributed by atoms with Crippen molar-refractivity contribution in [3.63, 3.8) is 0 Å². The van der Waals surface area contributed by atoms with Crippen molar-refractivity contribution in [2.75, 3.05) is 18.6 Å². The Morgan fingerprint density at radius 1 is 1.27 bits per heavy atom. The summed E-state index contributed by atoms with van der Waals surface area (Å²) in [5.41, 5.74) is 10.1. The Morgan fingerprint density at radius 2 is 1.88 bits per heavy atom. The summed E-state index contributed by atoms with van der Waals surface area (Å²) in [6.07, 6.45) is 1.97. The number of Topliss-reactive ketones (excluding diaryl/α,β-unsaturated/α-hetero) is 1. The van der Waals surface area contributed by atoms with E-state index in [-0.39, 0.29) is 0 Å². The Hall–Kier alpha value is -1.65. The topological polar surface area (TPSA) is 165 Å². The monoisotopic (exact) mass is 390 g/mol. The second-order valence-corrected chi connectivity index (χ2v) is 7.35. The van der Waals surface area contributed by atoms with Crippen molar-refractivity contribution in [3.8, 4) is 0 Å². The second kappa shape index (κ2) is 11.9. The van der Waals surface area contributed by atoms with Crippen LogP contribution in [0.4, 0.5) is 0 Å². The number of ketones is 1. The first kappa shape index (κ1) is 24.4. The van der Waals surface area contributed by atoms with Crippen molar-refractivity contribution < 1.29 is 24.3 Å². The molecule has 0 aliphatic carbocycles. The molecule has 0 heterocycles. The molecule has 10 heteroatoms. The van der Waals surface area contributed by atoms with Gasteiger partial charge in [-0.15, -0.1) is 0 Å². The highest BCUT2D eigenvalue weighted by atomic mass is 32.2. The molecule has 0 aromatic carbocycles. The molecule has 0 saturated heterocycles. The predicted molar refractivity (Wildman–Crippen MR) is 101 cm³/mol. The van der Waals surface area contributed by atoms with Gasteiger partial charge in [-0.25, -0.2) is 0 Å². The third-order valence-corrected chi connectivity index (χ3v) is 4.29. The van der Waals surface area contributed by atoms with Crippen LogP contribution in [0.25, 0.3) is 0 Å². The Balaban J connectivity index is 5.00. The summed E-state index contributed by atoms with van der Waals surface area (Å²) >= 11 is 1.52. The van der Waals surface area contributed by atoms with Crippen LogP contribution in [-0.4, -0.2) is 64.8 Å². The van der Waals surface area contributed by atoms with E-state index in [1.54, 1.807) is 0 Å². The highest BCUT2D eigenvalue weighted by molar-refractivity contribution is 7.98. The summed E-state index contributed by atoms with van der Waals surface area (Å²) in [6, 6.07) is -2.13. The number of hydrogen-bond donors (Lipinski definition) is 5. The Kier molecular flexibility index (Phi) is 11.1. The number of carbonyl (C=O) groups is 4. The number of carboxylic acids is 1. The fourth-order valence-electron chi connectivity index (χ4n) is 2.08. The van der Waals surface area contributed by atoms with Crippen molar-refractivity contribution in [1.29, 1.82) is 0 Å². The van der Waals surface area contributed by atoms with Crippen molar-refractivity contribution in [1.82, 2.24) is 10.6 Å². The molecule has 1 unspecified atom stereocenters. The summed E-state index contributed by atoms with van der Waals surface area (Å²) < 4.78 is 0. The second-order valence-electron chi connectivity index (χ2n) is 6.36. The van der Waals surface area contributed by atoms with Gasteiger partial charge in [0.25, 0.3) is 0 Å². The van der Waals surface area contributed by atoms with Gasteiger partial charge in [0.2, 0.25) is 11.8 Å². The first-order valence-electron chi connectivity index (χ1n) is 8.41. The number of rotatable bonds is 13. The van der Waals surface area contributed by atoms with Gasteiger partial charge in [-0.3, -0.25) is 19.2 Å². The van der Waals surface area contributed by atoms with Crippen molar-refractivity contribution in [2.24, 2.45) is 11.5 Å². The fourth-order valence-corrected chi connectivity index (χ4v) is 2.57. The maximum absolute atomic E-state index is 12.5. The number of nitrogens with one attached hydrogen (secondary N) is 2. The summed E-state index contributed by atoms with van der Waals surface area (Å²) in [7, 11) is 0. The largest absolute Gasteiger partial charge is 0.481 e. The standard InChI is InChI=1S/C16H30N4O5S/c1-4-6-19-15(25)16(2,18)9-12(21)11(8-13(22)23)20-14(24)10(17)5-7-26-3/h10-11H,4-9,17-18H2,1-3H3,(H,19,25)(H,20,24)(H,22,23)/t10-,11-,16?/m0/s1. The number of carboxylic acid groups (broad SMARTS) is 1. The minimum Gasteiger partial charge on any atom is -0.481 e.